The lowest BCUT2D eigenvalue weighted by atomic mass is 10.2. The van der Waals surface area contributed by atoms with Crippen LogP contribution in [-0.4, -0.2) is 10.9 Å². The summed E-state index contributed by atoms with van der Waals surface area (Å²) in [6.07, 6.45) is 1.24. The van der Waals surface area contributed by atoms with Gasteiger partial charge in [0.1, 0.15) is 21.5 Å². The molecule has 6 heteroatoms. The van der Waals surface area contributed by atoms with Gasteiger partial charge in [-0.25, -0.2) is 13.8 Å². The molecule has 0 aliphatic rings. The first-order chi connectivity index (χ1) is 7.58. The Hall–Kier alpha value is -1.82. The van der Waals surface area contributed by atoms with Gasteiger partial charge in [-0.15, -0.1) is 11.3 Å². The van der Waals surface area contributed by atoms with Gasteiger partial charge in [0, 0.05) is 5.56 Å². The predicted octanol–water partition coefficient (Wildman–Crippen LogP) is 2.19. The second-order valence-electron chi connectivity index (χ2n) is 3.02. The maximum Gasteiger partial charge on any atom is 0.260 e. The molecule has 2 aromatic rings. The van der Waals surface area contributed by atoms with Gasteiger partial charge in [0.25, 0.3) is 5.91 Å². The van der Waals surface area contributed by atoms with E-state index in [1.807, 2.05) is 0 Å². The zero-order valence-corrected chi connectivity index (χ0v) is 8.72. The summed E-state index contributed by atoms with van der Waals surface area (Å²) in [5.74, 6) is -1.79. The largest absolute Gasteiger partial charge is 0.365 e. The summed E-state index contributed by atoms with van der Waals surface area (Å²) in [4.78, 5) is 14.8. The molecule has 0 saturated carbocycles. The Balaban J connectivity index is 2.50. The van der Waals surface area contributed by atoms with Crippen LogP contribution in [0.1, 0.15) is 9.67 Å². The summed E-state index contributed by atoms with van der Waals surface area (Å²) in [6, 6.07) is 3.05. The average molecular weight is 240 g/mol. The van der Waals surface area contributed by atoms with Gasteiger partial charge in [0.05, 0.1) is 6.20 Å². The molecule has 0 saturated heterocycles. The summed E-state index contributed by atoms with van der Waals surface area (Å²) in [6.45, 7) is 0. The van der Waals surface area contributed by atoms with Crippen LogP contribution in [0.5, 0.6) is 0 Å². The van der Waals surface area contributed by atoms with Gasteiger partial charge in [-0.3, -0.25) is 4.79 Å². The molecule has 0 unspecified atom stereocenters. The smallest absolute Gasteiger partial charge is 0.260 e. The molecule has 3 nitrogen and oxygen atoms in total. The number of amides is 1. The van der Waals surface area contributed by atoms with Gasteiger partial charge in [-0.2, -0.15) is 0 Å². The van der Waals surface area contributed by atoms with E-state index in [4.69, 9.17) is 5.73 Å². The van der Waals surface area contributed by atoms with Gasteiger partial charge in [0.15, 0.2) is 0 Å². The van der Waals surface area contributed by atoms with E-state index in [2.05, 4.69) is 4.98 Å². The molecule has 0 aliphatic carbocycles. The van der Waals surface area contributed by atoms with E-state index in [9.17, 15) is 13.6 Å². The number of primary amides is 1. The van der Waals surface area contributed by atoms with Crippen LogP contribution in [0.3, 0.4) is 0 Å². The Morgan fingerprint density at radius 2 is 2.12 bits per heavy atom. The third-order valence-electron chi connectivity index (χ3n) is 1.91. The standard InChI is InChI=1S/C10H6F2N2OS/c11-5-1-2-7(12)6(3-5)10-14-4-8(16-10)9(13)15/h1-4H,(H2,13,15). The number of thiazole rings is 1. The van der Waals surface area contributed by atoms with E-state index in [0.717, 1.165) is 29.5 Å². The molecule has 0 fully saturated rings. The Morgan fingerprint density at radius 3 is 2.75 bits per heavy atom. The van der Waals surface area contributed by atoms with Crippen LogP contribution < -0.4 is 5.73 Å². The van der Waals surface area contributed by atoms with Crippen molar-refractivity contribution in [1.29, 1.82) is 0 Å². The van der Waals surface area contributed by atoms with Crippen LogP contribution in [0.2, 0.25) is 0 Å². The van der Waals surface area contributed by atoms with E-state index in [0.29, 0.717) is 0 Å². The summed E-state index contributed by atoms with van der Waals surface area (Å²) in [5.41, 5.74) is 5.06. The maximum atomic E-state index is 13.3. The first kappa shape index (κ1) is 10.7. The number of halogens is 2. The molecule has 0 aliphatic heterocycles. The molecule has 1 amide bonds. The van der Waals surface area contributed by atoms with Crippen LogP contribution in [-0.2, 0) is 0 Å². The molecule has 16 heavy (non-hydrogen) atoms. The second-order valence-corrected chi connectivity index (χ2v) is 4.05. The number of rotatable bonds is 2. The fourth-order valence-electron chi connectivity index (χ4n) is 1.17. The number of nitrogens with zero attached hydrogens (tertiary/aromatic N) is 1. The number of hydrogen-bond donors (Lipinski definition) is 1. The first-order valence-electron chi connectivity index (χ1n) is 4.29. The normalized spacial score (nSPS) is 10.4. The number of nitrogens with two attached hydrogens (primary N) is 1. The van der Waals surface area contributed by atoms with E-state index < -0.39 is 17.5 Å². The van der Waals surface area contributed by atoms with Gasteiger partial charge >= 0.3 is 0 Å². The minimum Gasteiger partial charge on any atom is -0.365 e. The monoisotopic (exact) mass is 240 g/mol. The van der Waals surface area contributed by atoms with Gasteiger partial charge in [-0.1, -0.05) is 0 Å². The Bertz CT molecular complexity index is 554. The van der Waals surface area contributed by atoms with Crippen molar-refractivity contribution in [3.05, 3.63) is 40.9 Å². The second kappa shape index (κ2) is 3.97. The van der Waals surface area contributed by atoms with Crippen molar-refractivity contribution in [2.24, 2.45) is 5.73 Å². The number of carbonyl (C=O) groups is 1. The van der Waals surface area contributed by atoms with Crippen LogP contribution in [0.4, 0.5) is 8.78 Å². The molecular weight excluding hydrogens is 234 g/mol. The molecule has 0 radical (unpaired) electrons. The first-order valence-corrected chi connectivity index (χ1v) is 5.10. The third-order valence-corrected chi connectivity index (χ3v) is 2.95. The summed E-state index contributed by atoms with van der Waals surface area (Å²) >= 11 is 0.925. The summed E-state index contributed by atoms with van der Waals surface area (Å²) in [5, 5.41) is 0.228. The molecule has 2 rings (SSSR count). The fraction of sp³-hybridized carbons (Fsp3) is 0. The molecule has 2 N–H and O–H groups in total. The Labute approximate surface area is 93.5 Å². The molecule has 82 valence electrons. The maximum absolute atomic E-state index is 13.3. The van der Waals surface area contributed by atoms with Crippen LogP contribution >= 0.6 is 11.3 Å². The third kappa shape index (κ3) is 1.92. The SMILES string of the molecule is NC(=O)c1cnc(-c2cc(F)ccc2F)s1. The summed E-state index contributed by atoms with van der Waals surface area (Å²) < 4.78 is 26.3. The minimum atomic E-state index is -0.638. The number of carbonyl (C=O) groups excluding carboxylic acids is 1. The molecule has 0 bridgehead atoms. The van der Waals surface area contributed by atoms with Crippen molar-refractivity contribution in [3.8, 4) is 10.6 Å². The molecule has 1 heterocycles. The Kier molecular flexibility index (Phi) is 2.66. The van der Waals surface area contributed by atoms with Crippen molar-refractivity contribution >= 4 is 17.2 Å². The van der Waals surface area contributed by atoms with Crippen molar-refractivity contribution in [2.45, 2.75) is 0 Å². The van der Waals surface area contributed by atoms with E-state index in [1.54, 1.807) is 0 Å². The lowest BCUT2D eigenvalue weighted by Crippen LogP contribution is -2.08. The van der Waals surface area contributed by atoms with Gasteiger partial charge in [-0.05, 0) is 18.2 Å². The Morgan fingerprint density at radius 1 is 1.38 bits per heavy atom. The van der Waals surface area contributed by atoms with Crippen LogP contribution in [0.15, 0.2) is 24.4 Å². The van der Waals surface area contributed by atoms with Crippen molar-refractivity contribution in [2.75, 3.05) is 0 Å². The van der Waals surface area contributed by atoms with E-state index >= 15 is 0 Å². The number of hydrogen-bond acceptors (Lipinski definition) is 3. The predicted molar refractivity (Wildman–Crippen MR) is 56.0 cm³/mol. The quantitative estimate of drug-likeness (QED) is 0.874. The lowest BCUT2D eigenvalue weighted by molar-refractivity contribution is 0.100. The van der Waals surface area contributed by atoms with Gasteiger partial charge < -0.3 is 5.73 Å². The zero-order valence-electron chi connectivity index (χ0n) is 7.91. The van der Waals surface area contributed by atoms with Crippen LogP contribution in [0, 0.1) is 11.6 Å². The highest BCUT2D eigenvalue weighted by molar-refractivity contribution is 7.16. The lowest BCUT2D eigenvalue weighted by Gasteiger charge is -1.98. The molecule has 0 spiro atoms. The topological polar surface area (TPSA) is 56.0 Å². The molecular formula is C10H6F2N2OS. The number of aromatic nitrogens is 1. The molecule has 1 aromatic carbocycles. The van der Waals surface area contributed by atoms with Crippen molar-refractivity contribution in [1.82, 2.24) is 4.98 Å². The number of benzene rings is 1. The van der Waals surface area contributed by atoms with E-state index in [1.165, 1.54) is 6.20 Å². The highest BCUT2D eigenvalue weighted by Gasteiger charge is 2.12. The zero-order chi connectivity index (χ0) is 11.7. The van der Waals surface area contributed by atoms with E-state index in [-0.39, 0.29) is 15.4 Å². The minimum absolute atomic E-state index is 0.0255. The molecule has 1 aromatic heterocycles. The molecule has 0 atom stereocenters. The fourth-order valence-corrected chi connectivity index (χ4v) is 1.96. The summed E-state index contributed by atoms with van der Waals surface area (Å²) in [7, 11) is 0. The highest BCUT2D eigenvalue weighted by atomic mass is 32.1. The van der Waals surface area contributed by atoms with Crippen molar-refractivity contribution < 1.29 is 13.6 Å². The van der Waals surface area contributed by atoms with Gasteiger partial charge in [0.2, 0.25) is 0 Å². The van der Waals surface area contributed by atoms with Crippen LogP contribution in [0.25, 0.3) is 10.6 Å². The van der Waals surface area contributed by atoms with Crippen molar-refractivity contribution in [3.63, 3.8) is 0 Å². The highest BCUT2D eigenvalue weighted by Crippen LogP contribution is 2.27. The average Bonchev–Trinajstić information content (AvgIpc) is 2.70.